The van der Waals surface area contributed by atoms with Crippen molar-refractivity contribution in [3.8, 4) is 5.75 Å². The lowest BCUT2D eigenvalue weighted by Gasteiger charge is -2.42. The number of rotatable bonds is 30. The highest BCUT2D eigenvalue weighted by molar-refractivity contribution is 8.00. The quantitative estimate of drug-likeness (QED) is 0.0240. The summed E-state index contributed by atoms with van der Waals surface area (Å²) in [7, 11) is 5.80. The lowest BCUT2D eigenvalue weighted by Crippen LogP contribution is -2.63. The van der Waals surface area contributed by atoms with Crippen LogP contribution in [0, 0.1) is 17.8 Å². The van der Waals surface area contributed by atoms with Crippen molar-refractivity contribution >= 4 is 89.1 Å². The first kappa shape index (κ1) is 67.5. The summed E-state index contributed by atoms with van der Waals surface area (Å²) in [4.78, 5) is 133. The van der Waals surface area contributed by atoms with Crippen LogP contribution in [0.25, 0.3) is 0 Å². The Morgan fingerprint density at radius 2 is 1.69 bits per heavy atom. The number of hydrogen-bond donors (Lipinski definition) is 4. The number of aldehydes is 2. The molecule has 464 valence electrons. The number of esters is 1. The number of aryl methyl sites for hydroxylation is 1. The Morgan fingerprint density at radius 3 is 2.34 bits per heavy atom. The molecule has 22 nitrogen and oxygen atoms in total. The second kappa shape index (κ2) is 30.1. The maximum absolute atomic E-state index is 14.4. The molecule has 85 heavy (non-hydrogen) atoms. The first-order valence-electron chi connectivity index (χ1n) is 28.6. The van der Waals surface area contributed by atoms with Crippen LogP contribution in [-0.4, -0.2) is 176 Å². The van der Waals surface area contributed by atoms with E-state index in [1.807, 2.05) is 6.92 Å². The maximum atomic E-state index is 14.4. The van der Waals surface area contributed by atoms with E-state index in [1.165, 1.54) is 45.0 Å². The van der Waals surface area contributed by atoms with Crippen LogP contribution < -0.4 is 25.6 Å². The van der Waals surface area contributed by atoms with Gasteiger partial charge in [0.25, 0.3) is 0 Å². The molecule has 3 unspecified atom stereocenters. The summed E-state index contributed by atoms with van der Waals surface area (Å²) in [6, 6.07) is 7.21. The summed E-state index contributed by atoms with van der Waals surface area (Å²) in [5.74, 6) is -3.17. The molecule has 4 fully saturated rings. The number of nitrogens with one attached hydrogen (secondary N) is 3. The van der Waals surface area contributed by atoms with Crippen LogP contribution in [0.5, 0.6) is 5.75 Å². The van der Waals surface area contributed by atoms with Crippen LogP contribution in [0.1, 0.15) is 124 Å². The number of methoxy groups -OCH3 is 2. The number of carbonyl (C=O) groups excluding carboxylic acids is 10. The third kappa shape index (κ3) is 17.1. The largest absolute Gasteiger partial charge is 0.495 e. The first-order valence-corrected chi connectivity index (χ1v) is 30.1. The molecule has 1 aliphatic carbocycles. The Bertz CT molecular complexity index is 2880. The fourth-order valence-electron chi connectivity index (χ4n) is 11.2. The maximum Gasteiger partial charge on any atom is 0.409 e. The predicted octanol–water partition coefficient (Wildman–Crippen LogP) is 5.70. The average Bonchev–Trinajstić information content (AvgIpc) is 1.70. The first-order chi connectivity index (χ1) is 40.3. The molecule has 0 aromatic heterocycles. The minimum atomic E-state index is -1.85. The summed E-state index contributed by atoms with van der Waals surface area (Å²) in [5, 5.41) is 19.3. The van der Waals surface area contributed by atoms with Crippen molar-refractivity contribution in [3.05, 3.63) is 81.9 Å². The highest BCUT2D eigenvalue weighted by Gasteiger charge is 2.64. The van der Waals surface area contributed by atoms with Gasteiger partial charge < -0.3 is 49.2 Å². The Balaban J connectivity index is 0.990. The molecule has 7 amide bonds. The summed E-state index contributed by atoms with van der Waals surface area (Å²) >= 11 is 7.91. The second-order valence-electron chi connectivity index (χ2n) is 22.7. The molecule has 9 atom stereocenters. The molecule has 1 saturated carbocycles. The van der Waals surface area contributed by atoms with Gasteiger partial charge in [0.1, 0.15) is 40.7 Å². The smallest absolute Gasteiger partial charge is 0.409 e. The van der Waals surface area contributed by atoms with Gasteiger partial charge in [0.2, 0.25) is 35.4 Å². The van der Waals surface area contributed by atoms with Gasteiger partial charge in [-0.1, -0.05) is 55.0 Å². The number of carbonyl (C=O) groups is 10. The molecule has 3 aliphatic heterocycles. The van der Waals surface area contributed by atoms with Crippen molar-refractivity contribution in [1.82, 2.24) is 25.8 Å². The van der Waals surface area contributed by atoms with Crippen molar-refractivity contribution in [1.29, 1.82) is 0 Å². The number of alkyl carbamates (subject to hydrolysis) is 1. The molecule has 24 heteroatoms. The third-order valence-electron chi connectivity index (χ3n) is 16.6. The SMILES string of the molecule is C=C(C)Cc1cc(OC)c(Cl)c(N(C)C(=O)CC(OC(=O)[C@H](C)N(C)C(=O)CCSC2CC(=O)N(CCNC(=O)[C@H]3CC[C@H](CNC(=O)CCc4ccc(C=O)c(C=O)c4)CC3)C2=O)[C@]2(C)OC2[C@H](C)[C@@H]2C[C@](O)([C@@H](/C=C\C)OC)NC(=O)O2)c1. The number of aliphatic hydroxyl groups is 1. The standard InChI is InChI=1S/C61H81ClN6O16S/c1-11-12-48(81-10)61(79)31-46(82-59(78)65-61)36(4)55-60(6,84-55)49(30-52(73)67(8)44-27-40(25-35(2)3)28-45(80-9)54(44)62)83-58(77)37(5)66(7)51(72)21-24-85-47-29-53(74)68(57(47)76)23-22-63-56(75)41-17-14-39(15-18-41)32-64-50(71)20-16-38-13-19-42(33-69)43(26-38)34-70/h11-13,19,26-28,33-34,36-37,39,41,46-49,55,79H,2,14-18,20-25,29-32H2,1,3-10H3,(H,63,75)(H,64,71)(H,65,78)/b12-11-/t36-,37+,39-,41-,46+,47?,48-,49?,55?,60+,61+/m1/s1. The molecule has 0 radical (unpaired) electrons. The van der Waals surface area contributed by atoms with Crippen molar-refractivity contribution < 1.29 is 76.7 Å². The second-order valence-corrected chi connectivity index (χ2v) is 24.4. The monoisotopic (exact) mass is 1220 g/mol. The summed E-state index contributed by atoms with van der Waals surface area (Å²) < 4.78 is 29.2. The molecule has 2 aromatic rings. The van der Waals surface area contributed by atoms with Gasteiger partial charge in [-0.3, -0.25) is 48.6 Å². The van der Waals surface area contributed by atoms with Gasteiger partial charge in [0.15, 0.2) is 18.3 Å². The Labute approximate surface area is 505 Å². The number of amides is 7. The van der Waals surface area contributed by atoms with Crippen LogP contribution in [0.4, 0.5) is 10.5 Å². The molecular formula is C61H81ClN6O16S. The molecule has 4 aliphatic rings. The van der Waals surface area contributed by atoms with E-state index in [0.29, 0.717) is 61.8 Å². The highest BCUT2D eigenvalue weighted by Crippen LogP contribution is 2.49. The zero-order chi connectivity index (χ0) is 62.5. The fourth-order valence-corrected chi connectivity index (χ4v) is 12.6. The number of halogens is 1. The van der Waals surface area contributed by atoms with Gasteiger partial charge in [-0.25, -0.2) is 9.59 Å². The topological polar surface area (TPSA) is 286 Å². The summed E-state index contributed by atoms with van der Waals surface area (Å²) in [6.07, 6.45) is 2.83. The number of anilines is 1. The molecule has 0 spiro atoms. The van der Waals surface area contributed by atoms with Crippen molar-refractivity contribution in [2.45, 2.75) is 152 Å². The van der Waals surface area contributed by atoms with Gasteiger partial charge >= 0.3 is 12.1 Å². The predicted molar refractivity (Wildman–Crippen MR) is 317 cm³/mol. The Morgan fingerprint density at radius 1 is 0.988 bits per heavy atom. The third-order valence-corrected chi connectivity index (χ3v) is 18.2. The lowest BCUT2D eigenvalue weighted by molar-refractivity contribution is -0.162. The van der Waals surface area contributed by atoms with Crippen LogP contribution in [0.3, 0.4) is 0 Å². The van der Waals surface area contributed by atoms with Gasteiger partial charge in [-0.05, 0) is 101 Å². The number of epoxide rings is 1. The number of likely N-dealkylation sites (N-methyl/N-ethyl adjacent to an activating group) is 1. The molecule has 3 saturated heterocycles. The molecule has 6 rings (SSSR count). The normalized spacial score (nSPS) is 24.2. The Hall–Kier alpha value is -6.66. The van der Waals surface area contributed by atoms with E-state index < -0.39 is 95.1 Å². The molecule has 0 bridgehead atoms. The number of benzene rings is 2. The van der Waals surface area contributed by atoms with E-state index in [4.69, 9.17) is 35.3 Å². The summed E-state index contributed by atoms with van der Waals surface area (Å²) in [5.41, 5.74) is 0.128. The Kier molecular flexibility index (Phi) is 23.9. The fraction of sp³-hybridized carbons (Fsp3) is 0.574. The zero-order valence-corrected chi connectivity index (χ0v) is 51.5. The van der Waals surface area contributed by atoms with Crippen molar-refractivity contribution in [3.63, 3.8) is 0 Å². The summed E-state index contributed by atoms with van der Waals surface area (Å²) in [6.45, 7) is 13.0. The van der Waals surface area contributed by atoms with Crippen LogP contribution in [0.2, 0.25) is 5.02 Å². The number of thioether (sulfide) groups is 1. The average molecular weight is 1220 g/mol. The molecule has 4 N–H and O–H groups in total. The number of ether oxygens (including phenoxy) is 5. The van der Waals surface area contributed by atoms with Gasteiger partial charge in [0.05, 0.1) is 30.6 Å². The number of nitrogens with zero attached hydrogens (tertiary/aromatic N) is 3. The van der Waals surface area contributed by atoms with E-state index in [0.717, 1.165) is 46.2 Å². The van der Waals surface area contributed by atoms with Crippen LogP contribution in [0.15, 0.2) is 54.6 Å². The van der Waals surface area contributed by atoms with E-state index >= 15 is 0 Å². The molecule has 3 heterocycles. The molecule has 2 aromatic carbocycles. The minimum Gasteiger partial charge on any atom is -0.495 e. The van der Waals surface area contributed by atoms with Crippen LogP contribution in [-0.2, 0) is 65.4 Å². The van der Waals surface area contributed by atoms with E-state index in [2.05, 4.69) is 22.5 Å². The number of cyclic esters (lactones) is 1. The van der Waals surface area contributed by atoms with Crippen molar-refractivity contribution in [2.75, 3.05) is 58.6 Å². The number of hydrogen-bond acceptors (Lipinski definition) is 17. The minimum absolute atomic E-state index is 0.0148. The highest BCUT2D eigenvalue weighted by atomic mass is 35.5. The zero-order valence-electron chi connectivity index (χ0n) is 49.9. The number of likely N-dealkylation sites (tertiary alicyclic amines) is 1. The van der Waals surface area contributed by atoms with E-state index in [1.54, 1.807) is 63.3 Å². The molecular weight excluding hydrogens is 1140 g/mol. The van der Waals surface area contributed by atoms with Gasteiger partial charge in [-0.2, -0.15) is 0 Å². The van der Waals surface area contributed by atoms with E-state index in [9.17, 15) is 53.1 Å². The van der Waals surface area contributed by atoms with Crippen LogP contribution >= 0.6 is 23.4 Å². The van der Waals surface area contributed by atoms with Gasteiger partial charge in [-0.15, -0.1) is 11.8 Å². The van der Waals surface area contributed by atoms with E-state index in [-0.39, 0.29) is 78.8 Å². The number of allylic oxidation sites excluding steroid dienone is 2. The lowest BCUT2D eigenvalue weighted by atomic mass is 9.81. The van der Waals surface area contributed by atoms with Crippen molar-refractivity contribution in [2.24, 2.45) is 17.8 Å². The van der Waals surface area contributed by atoms with Gasteiger partial charge in [0, 0.05) is 95.2 Å². The number of imide groups is 1.